The highest BCUT2D eigenvalue weighted by atomic mass is 16.5. The molecule has 1 aliphatic rings. The van der Waals surface area contributed by atoms with Crippen molar-refractivity contribution in [1.82, 2.24) is 5.32 Å². The molecule has 18 heavy (non-hydrogen) atoms. The van der Waals surface area contributed by atoms with Crippen LogP contribution in [0.3, 0.4) is 0 Å². The standard InChI is InChI=1S/C15H25NO2/c1-5-15(3,4)17-10-14-8-12(11(2)18-14)9-16-13-6-7-13/h8,13,16H,5-7,9-10H2,1-4H3. The molecule has 0 saturated heterocycles. The van der Waals surface area contributed by atoms with E-state index in [4.69, 9.17) is 9.15 Å². The van der Waals surface area contributed by atoms with Crippen LogP contribution in [-0.4, -0.2) is 11.6 Å². The van der Waals surface area contributed by atoms with Crippen molar-refractivity contribution in [3.63, 3.8) is 0 Å². The smallest absolute Gasteiger partial charge is 0.130 e. The summed E-state index contributed by atoms with van der Waals surface area (Å²) in [5.74, 6) is 1.94. The number of furan rings is 1. The Hall–Kier alpha value is -0.800. The first-order valence-corrected chi connectivity index (χ1v) is 6.95. The summed E-state index contributed by atoms with van der Waals surface area (Å²) in [5, 5.41) is 3.51. The van der Waals surface area contributed by atoms with Crippen molar-refractivity contribution >= 4 is 0 Å². The van der Waals surface area contributed by atoms with Crippen LogP contribution in [0.15, 0.2) is 10.5 Å². The zero-order valence-electron chi connectivity index (χ0n) is 12.0. The maximum absolute atomic E-state index is 5.86. The van der Waals surface area contributed by atoms with Crippen molar-refractivity contribution in [3.8, 4) is 0 Å². The van der Waals surface area contributed by atoms with Crippen molar-refractivity contribution in [2.24, 2.45) is 0 Å². The Balaban J connectivity index is 1.86. The number of ether oxygens (including phenoxy) is 1. The maximum Gasteiger partial charge on any atom is 0.130 e. The lowest BCUT2D eigenvalue weighted by atomic mass is 10.1. The molecule has 0 radical (unpaired) electrons. The van der Waals surface area contributed by atoms with Crippen LogP contribution in [0.1, 0.15) is 57.1 Å². The largest absolute Gasteiger partial charge is 0.464 e. The third kappa shape index (κ3) is 3.85. The van der Waals surface area contributed by atoms with Crippen molar-refractivity contribution in [1.29, 1.82) is 0 Å². The van der Waals surface area contributed by atoms with Crippen LogP contribution in [0, 0.1) is 6.92 Å². The quantitative estimate of drug-likeness (QED) is 0.805. The molecule has 1 aromatic heterocycles. The summed E-state index contributed by atoms with van der Waals surface area (Å²) in [5.41, 5.74) is 1.18. The molecule has 3 nitrogen and oxygen atoms in total. The fourth-order valence-electron chi connectivity index (χ4n) is 1.74. The highest BCUT2D eigenvalue weighted by Gasteiger charge is 2.21. The van der Waals surface area contributed by atoms with Gasteiger partial charge in [-0.3, -0.25) is 0 Å². The normalized spacial score (nSPS) is 16.2. The first-order valence-electron chi connectivity index (χ1n) is 6.95. The van der Waals surface area contributed by atoms with E-state index in [1.807, 2.05) is 6.92 Å². The molecule has 1 heterocycles. The van der Waals surface area contributed by atoms with Crippen molar-refractivity contribution < 1.29 is 9.15 Å². The van der Waals surface area contributed by atoms with Gasteiger partial charge < -0.3 is 14.5 Å². The minimum atomic E-state index is -0.0763. The van der Waals surface area contributed by atoms with Gasteiger partial charge in [-0.25, -0.2) is 0 Å². The Bertz CT molecular complexity index is 391. The number of hydrogen-bond acceptors (Lipinski definition) is 3. The van der Waals surface area contributed by atoms with Gasteiger partial charge in [0.1, 0.15) is 18.1 Å². The second-order valence-electron chi connectivity index (χ2n) is 5.85. The van der Waals surface area contributed by atoms with Gasteiger partial charge in [0.15, 0.2) is 0 Å². The summed E-state index contributed by atoms with van der Waals surface area (Å²) in [6.45, 7) is 9.86. The topological polar surface area (TPSA) is 34.4 Å². The fourth-order valence-corrected chi connectivity index (χ4v) is 1.74. The van der Waals surface area contributed by atoms with E-state index in [1.165, 1.54) is 18.4 Å². The molecule has 0 amide bonds. The maximum atomic E-state index is 5.86. The first kappa shape index (κ1) is 13.6. The zero-order valence-corrected chi connectivity index (χ0v) is 12.0. The van der Waals surface area contributed by atoms with Crippen LogP contribution >= 0.6 is 0 Å². The van der Waals surface area contributed by atoms with Gasteiger partial charge >= 0.3 is 0 Å². The highest BCUT2D eigenvalue weighted by Crippen LogP contribution is 2.22. The number of rotatable bonds is 7. The molecule has 1 aromatic rings. The molecular formula is C15H25NO2. The summed E-state index contributed by atoms with van der Waals surface area (Å²) in [6.07, 6.45) is 3.64. The molecule has 2 rings (SSSR count). The second kappa shape index (κ2) is 5.45. The van der Waals surface area contributed by atoms with Gasteiger partial charge in [0.05, 0.1) is 5.60 Å². The summed E-state index contributed by atoms with van der Waals surface area (Å²) in [6, 6.07) is 2.86. The number of aryl methyl sites for hydroxylation is 1. The summed E-state index contributed by atoms with van der Waals surface area (Å²) in [7, 11) is 0. The Morgan fingerprint density at radius 2 is 2.17 bits per heavy atom. The molecule has 1 N–H and O–H groups in total. The zero-order chi connectivity index (χ0) is 13.2. The van der Waals surface area contributed by atoms with E-state index in [0.29, 0.717) is 6.61 Å². The monoisotopic (exact) mass is 251 g/mol. The summed E-state index contributed by atoms with van der Waals surface area (Å²) >= 11 is 0. The van der Waals surface area contributed by atoms with E-state index in [0.717, 1.165) is 30.5 Å². The van der Waals surface area contributed by atoms with Gasteiger partial charge in [-0.2, -0.15) is 0 Å². The molecule has 0 bridgehead atoms. The Morgan fingerprint density at radius 3 is 2.78 bits per heavy atom. The van der Waals surface area contributed by atoms with E-state index in [9.17, 15) is 0 Å². The second-order valence-corrected chi connectivity index (χ2v) is 5.85. The summed E-state index contributed by atoms with van der Waals surface area (Å²) < 4.78 is 11.6. The minimum Gasteiger partial charge on any atom is -0.464 e. The lowest BCUT2D eigenvalue weighted by Gasteiger charge is -2.22. The van der Waals surface area contributed by atoms with E-state index in [1.54, 1.807) is 0 Å². The predicted octanol–water partition coefficient (Wildman–Crippen LogP) is 3.55. The van der Waals surface area contributed by atoms with Crippen LogP contribution in [0.2, 0.25) is 0 Å². The van der Waals surface area contributed by atoms with Crippen LogP contribution in [-0.2, 0) is 17.9 Å². The Labute approximate surface area is 110 Å². The molecule has 0 spiro atoms. The van der Waals surface area contributed by atoms with Gasteiger partial charge in [0, 0.05) is 18.2 Å². The van der Waals surface area contributed by atoms with Crippen LogP contribution < -0.4 is 5.32 Å². The highest BCUT2D eigenvalue weighted by molar-refractivity contribution is 5.20. The van der Waals surface area contributed by atoms with Gasteiger partial charge in [-0.15, -0.1) is 0 Å². The number of nitrogens with one attached hydrogen (secondary N) is 1. The van der Waals surface area contributed by atoms with E-state index in [-0.39, 0.29) is 5.60 Å². The molecule has 102 valence electrons. The van der Waals surface area contributed by atoms with Gasteiger partial charge in [-0.05, 0) is 46.1 Å². The van der Waals surface area contributed by atoms with Crippen molar-refractivity contribution in [3.05, 3.63) is 23.2 Å². The van der Waals surface area contributed by atoms with Crippen LogP contribution in [0.4, 0.5) is 0 Å². The summed E-state index contributed by atoms with van der Waals surface area (Å²) in [4.78, 5) is 0. The molecule has 3 heteroatoms. The lowest BCUT2D eigenvalue weighted by Crippen LogP contribution is -2.22. The molecule has 0 aromatic carbocycles. The van der Waals surface area contributed by atoms with E-state index >= 15 is 0 Å². The molecular weight excluding hydrogens is 226 g/mol. The minimum absolute atomic E-state index is 0.0763. The fraction of sp³-hybridized carbons (Fsp3) is 0.733. The predicted molar refractivity (Wildman–Crippen MR) is 72.5 cm³/mol. The average Bonchev–Trinajstić information content (AvgIpc) is 3.09. The molecule has 1 saturated carbocycles. The first-order chi connectivity index (χ1) is 8.50. The Morgan fingerprint density at radius 1 is 1.44 bits per heavy atom. The van der Waals surface area contributed by atoms with Crippen molar-refractivity contribution in [2.45, 2.75) is 71.8 Å². The van der Waals surface area contributed by atoms with Gasteiger partial charge in [0.2, 0.25) is 0 Å². The SMILES string of the molecule is CCC(C)(C)OCc1cc(CNC2CC2)c(C)o1. The third-order valence-electron chi connectivity index (χ3n) is 3.69. The molecule has 1 fully saturated rings. The third-order valence-corrected chi connectivity index (χ3v) is 3.69. The number of hydrogen-bond donors (Lipinski definition) is 1. The van der Waals surface area contributed by atoms with E-state index in [2.05, 4.69) is 32.2 Å². The lowest BCUT2D eigenvalue weighted by molar-refractivity contribution is -0.0385. The van der Waals surface area contributed by atoms with Crippen LogP contribution in [0.25, 0.3) is 0 Å². The Kier molecular flexibility index (Phi) is 4.13. The van der Waals surface area contributed by atoms with Crippen molar-refractivity contribution in [2.75, 3.05) is 0 Å². The molecule has 0 aliphatic heterocycles. The average molecular weight is 251 g/mol. The molecule has 1 aliphatic carbocycles. The van der Waals surface area contributed by atoms with Gasteiger partial charge in [-0.1, -0.05) is 6.92 Å². The molecule has 0 unspecified atom stereocenters. The van der Waals surface area contributed by atoms with Crippen LogP contribution in [0.5, 0.6) is 0 Å². The van der Waals surface area contributed by atoms with E-state index < -0.39 is 0 Å². The van der Waals surface area contributed by atoms with Gasteiger partial charge in [0.25, 0.3) is 0 Å². The molecule has 0 atom stereocenters.